The summed E-state index contributed by atoms with van der Waals surface area (Å²) < 4.78 is 2.80. The number of halogens is 2. The maximum absolute atomic E-state index is 4.02. The Morgan fingerprint density at radius 1 is 1.24 bits per heavy atom. The second-order valence-corrected chi connectivity index (χ2v) is 6.01. The highest BCUT2D eigenvalue weighted by molar-refractivity contribution is 9.10. The van der Waals surface area contributed by atoms with Crippen LogP contribution in [0.2, 0.25) is 0 Å². The van der Waals surface area contributed by atoms with Crippen LogP contribution in [0.15, 0.2) is 33.9 Å². The van der Waals surface area contributed by atoms with Crippen LogP contribution in [0.4, 0.5) is 0 Å². The molecule has 1 heterocycles. The van der Waals surface area contributed by atoms with Crippen molar-refractivity contribution in [1.82, 2.24) is 20.2 Å². The Labute approximate surface area is 120 Å². The lowest BCUT2D eigenvalue weighted by molar-refractivity contribution is 0.756. The SMILES string of the molecule is BrCCCSc1nnnn1-c1ccc(Br)cc1. The summed E-state index contributed by atoms with van der Waals surface area (Å²) in [5, 5.41) is 13.6. The summed E-state index contributed by atoms with van der Waals surface area (Å²) in [4.78, 5) is 0. The highest BCUT2D eigenvalue weighted by Gasteiger charge is 2.08. The zero-order valence-corrected chi connectivity index (χ0v) is 12.9. The first-order valence-corrected chi connectivity index (χ1v) is 7.94. The summed E-state index contributed by atoms with van der Waals surface area (Å²) in [5.41, 5.74) is 0.972. The Bertz CT molecular complexity index is 471. The van der Waals surface area contributed by atoms with E-state index < -0.39 is 0 Å². The maximum Gasteiger partial charge on any atom is 0.214 e. The van der Waals surface area contributed by atoms with Crippen LogP contribution in [0.25, 0.3) is 5.69 Å². The largest absolute Gasteiger partial charge is 0.214 e. The number of thioether (sulfide) groups is 1. The molecule has 0 unspecified atom stereocenters. The first kappa shape index (κ1) is 13.0. The minimum absolute atomic E-state index is 0.827. The average molecular weight is 378 g/mol. The molecule has 0 saturated heterocycles. The molecule has 2 rings (SSSR count). The van der Waals surface area contributed by atoms with E-state index in [1.165, 1.54) is 0 Å². The van der Waals surface area contributed by atoms with Crippen molar-refractivity contribution in [2.75, 3.05) is 11.1 Å². The van der Waals surface area contributed by atoms with Crippen molar-refractivity contribution in [3.05, 3.63) is 28.7 Å². The summed E-state index contributed by atoms with van der Waals surface area (Å²) in [6.45, 7) is 0. The third-order valence-corrected chi connectivity index (χ3v) is 4.12. The smallest absolute Gasteiger partial charge is 0.188 e. The molecule has 0 fully saturated rings. The second kappa shape index (κ2) is 6.51. The van der Waals surface area contributed by atoms with Gasteiger partial charge in [-0.05, 0) is 41.1 Å². The van der Waals surface area contributed by atoms with E-state index in [0.29, 0.717) is 0 Å². The minimum atomic E-state index is 0.827. The van der Waals surface area contributed by atoms with Crippen molar-refractivity contribution in [3.8, 4) is 5.69 Å². The van der Waals surface area contributed by atoms with Gasteiger partial charge in [-0.25, -0.2) is 0 Å². The summed E-state index contributed by atoms with van der Waals surface area (Å²) in [6, 6.07) is 7.91. The van der Waals surface area contributed by atoms with E-state index in [2.05, 4.69) is 47.4 Å². The van der Waals surface area contributed by atoms with Gasteiger partial charge >= 0.3 is 0 Å². The Morgan fingerprint density at radius 2 is 2.00 bits per heavy atom. The van der Waals surface area contributed by atoms with Crippen LogP contribution in [0, 0.1) is 0 Å². The van der Waals surface area contributed by atoms with Crippen LogP contribution >= 0.6 is 43.6 Å². The summed E-state index contributed by atoms with van der Waals surface area (Å²) in [6.07, 6.45) is 1.10. The summed E-state index contributed by atoms with van der Waals surface area (Å²) >= 11 is 8.48. The number of hydrogen-bond acceptors (Lipinski definition) is 4. The number of hydrogen-bond donors (Lipinski definition) is 0. The molecule has 0 amide bonds. The van der Waals surface area contributed by atoms with Crippen LogP contribution in [-0.2, 0) is 0 Å². The lowest BCUT2D eigenvalue weighted by atomic mass is 10.3. The second-order valence-electron chi connectivity index (χ2n) is 3.24. The number of tetrazole rings is 1. The monoisotopic (exact) mass is 376 g/mol. The van der Waals surface area contributed by atoms with Gasteiger partial charge in [-0.15, -0.1) is 5.10 Å². The van der Waals surface area contributed by atoms with Gasteiger partial charge < -0.3 is 0 Å². The molecule has 1 aromatic carbocycles. The van der Waals surface area contributed by atoms with Gasteiger partial charge in [-0.3, -0.25) is 0 Å². The van der Waals surface area contributed by atoms with Crippen LogP contribution in [0.5, 0.6) is 0 Å². The fourth-order valence-corrected chi connectivity index (χ4v) is 2.98. The van der Waals surface area contributed by atoms with Gasteiger partial charge in [0, 0.05) is 15.6 Å². The van der Waals surface area contributed by atoms with Crippen LogP contribution in [0.3, 0.4) is 0 Å². The molecule has 0 N–H and O–H groups in total. The lowest BCUT2D eigenvalue weighted by Crippen LogP contribution is -1.99. The van der Waals surface area contributed by atoms with E-state index in [-0.39, 0.29) is 0 Å². The molecule has 2 aromatic rings. The number of aromatic nitrogens is 4. The van der Waals surface area contributed by atoms with Gasteiger partial charge in [0.2, 0.25) is 5.16 Å². The van der Waals surface area contributed by atoms with Gasteiger partial charge in [0.05, 0.1) is 5.69 Å². The van der Waals surface area contributed by atoms with Gasteiger partial charge in [0.15, 0.2) is 0 Å². The average Bonchev–Trinajstić information content (AvgIpc) is 2.79. The Kier molecular flexibility index (Phi) is 4.99. The summed E-state index contributed by atoms with van der Waals surface area (Å²) in [7, 11) is 0. The molecule has 4 nitrogen and oxygen atoms in total. The van der Waals surface area contributed by atoms with E-state index in [0.717, 1.165) is 32.8 Å². The predicted molar refractivity (Wildman–Crippen MR) is 76.0 cm³/mol. The van der Waals surface area contributed by atoms with Crippen LogP contribution < -0.4 is 0 Å². The Hall–Kier alpha value is -0.400. The molecule has 0 aliphatic rings. The molecule has 0 aliphatic carbocycles. The maximum atomic E-state index is 4.02. The van der Waals surface area contributed by atoms with Crippen molar-refractivity contribution >= 4 is 43.6 Å². The first-order valence-electron chi connectivity index (χ1n) is 5.04. The number of nitrogens with zero attached hydrogens (tertiary/aromatic N) is 4. The quantitative estimate of drug-likeness (QED) is 0.455. The van der Waals surface area contributed by atoms with E-state index in [9.17, 15) is 0 Å². The molecule has 0 aliphatic heterocycles. The molecule has 0 saturated carbocycles. The zero-order chi connectivity index (χ0) is 12.1. The third-order valence-electron chi connectivity index (χ3n) is 2.02. The van der Waals surface area contributed by atoms with E-state index in [1.54, 1.807) is 16.4 Å². The standard InChI is InChI=1S/C10H10Br2N4S/c11-6-1-7-17-10-13-14-15-16(10)9-4-2-8(12)3-5-9/h2-5H,1,6-7H2. The first-order chi connectivity index (χ1) is 8.31. The fourth-order valence-electron chi connectivity index (χ4n) is 1.23. The molecule has 0 atom stereocenters. The molecular weight excluding hydrogens is 368 g/mol. The lowest BCUT2D eigenvalue weighted by Gasteiger charge is -2.03. The molecule has 17 heavy (non-hydrogen) atoms. The number of benzene rings is 1. The van der Waals surface area contributed by atoms with E-state index >= 15 is 0 Å². The van der Waals surface area contributed by atoms with Crippen molar-refractivity contribution in [2.24, 2.45) is 0 Å². The molecular formula is C10H10Br2N4S. The van der Waals surface area contributed by atoms with E-state index in [1.807, 2.05) is 24.3 Å². The van der Waals surface area contributed by atoms with Crippen LogP contribution in [0.1, 0.15) is 6.42 Å². The molecule has 7 heteroatoms. The molecule has 1 aromatic heterocycles. The number of alkyl halides is 1. The van der Waals surface area contributed by atoms with Gasteiger partial charge in [0.25, 0.3) is 0 Å². The Balaban J connectivity index is 2.15. The van der Waals surface area contributed by atoms with Crippen molar-refractivity contribution in [2.45, 2.75) is 11.6 Å². The molecule has 0 bridgehead atoms. The highest BCUT2D eigenvalue weighted by atomic mass is 79.9. The molecule has 0 spiro atoms. The summed E-state index contributed by atoms with van der Waals surface area (Å²) in [5.74, 6) is 1.00. The normalized spacial score (nSPS) is 10.7. The van der Waals surface area contributed by atoms with Gasteiger partial charge in [0.1, 0.15) is 0 Å². The fraction of sp³-hybridized carbons (Fsp3) is 0.300. The molecule has 90 valence electrons. The highest BCUT2D eigenvalue weighted by Crippen LogP contribution is 2.20. The van der Waals surface area contributed by atoms with E-state index in [4.69, 9.17) is 0 Å². The van der Waals surface area contributed by atoms with Gasteiger partial charge in [-0.1, -0.05) is 43.6 Å². The number of rotatable bonds is 5. The van der Waals surface area contributed by atoms with Crippen LogP contribution in [-0.4, -0.2) is 31.3 Å². The van der Waals surface area contributed by atoms with Gasteiger partial charge in [-0.2, -0.15) is 4.68 Å². The van der Waals surface area contributed by atoms with Crippen molar-refractivity contribution < 1.29 is 0 Å². The topological polar surface area (TPSA) is 43.6 Å². The zero-order valence-electron chi connectivity index (χ0n) is 8.88. The molecule has 0 radical (unpaired) electrons. The minimum Gasteiger partial charge on any atom is -0.188 e. The van der Waals surface area contributed by atoms with Crippen molar-refractivity contribution in [3.63, 3.8) is 0 Å². The Morgan fingerprint density at radius 3 is 2.71 bits per heavy atom. The van der Waals surface area contributed by atoms with Crippen molar-refractivity contribution in [1.29, 1.82) is 0 Å². The third kappa shape index (κ3) is 3.53. The predicted octanol–water partition coefficient (Wildman–Crippen LogP) is 3.30.